The molecule has 1 fully saturated rings. The van der Waals surface area contributed by atoms with Gasteiger partial charge >= 0.3 is 5.97 Å². The molecular weight excluding hydrogens is 400 g/mol. The van der Waals surface area contributed by atoms with Crippen LogP contribution in [-0.4, -0.2) is 39.1 Å². The summed E-state index contributed by atoms with van der Waals surface area (Å²) in [4.78, 5) is 13.3. The van der Waals surface area contributed by atoms with Gasteiger partial charge in [-0.15, -0.1) is 0 Å². The number of rotatable bonds is 8. The zero-order valence-electron chi connectivity index (χ0n) is 17.5. The van der Waals surface area contributed by atoms with Gasteiger partial charge in [0.2, 0.25) is 10.0 Å². The third kappa shape index (κ3) is 5.61. The van der Waals surface area contributed by atoms with Crippen LogP contribution in [0.5, 0.6) is 0 Å². The molecule has 6 nitrogen and oxygen atoms in total. The maximum atomic E-state index is 12.6. The lowest BCUT2D eigenvalue weighted by atomic mass is 9.89. The fourth-order valence-electron chi connectivity index (χ4n) is 4.05. The van der Waals surface area contributed by atoms with E-state index in [0.29, 0.717) is 12.3 Å². The molecule has 2 N–H and O–H groups in total. The topological polar surface area (TPSA) is 86.7 Å². The van der Waals surface area contributed by atoms with Crippen molar-refractivity contribution in [3.63, 3.8) is 0 Å². The average Bonchev–Trinajstić information content (AvgIpc) is 2.72. The van der Waals surface area contributed by atoms with Gasteiger partial charge in [-0.05, 0) is 60.4 Å². The van der Waals surface area contributed by atoms with Crippen molar-refractivity contribution in [2.45, 2.75) is 43.9 Å². The fourth-order valence-corrected chi connectivity index (χ4v) is 5.26. The van der Waals surface area contributed by atoms with E-state index in [1.165, 1.54) is 5.56 Å². The fraction of sp³-hybridized carbons (Fsp3) is 0.435. The van der Waals surface area contributed by atoms with Gasteiger partial charge < -0.3 is 10.0 Å². The highest BCUT2D eigenvalue weighted by Gasteiger charge is 2.24. The Hall–Kier alpha value is -2.38. The highest BCUT2D eigenvalue weighted by atomic mass is 32.2. The largest absolute Gasteiger partial charge is 0.480 e. The van der Waals surface area contributed by atoms with Crippen molar-refractivity contribution >= 4 is 21.7 Å². The molecule has 0 aromatic heterocycles. The van der Waals surface area contributed by atoms with Gasteiger partial charge in [0.15, 0.2) is 0 Å². The van der Waals surface area contributed by atoms with Crippen molar-refractivity contribution in [1.29, 1.82) is 0 Å². The number of piperidine rings is 1. The molecule has 1 aliphatic rings. The molecule has 0 amide bonds. The lowest BCUT2D eigenvalue weighted by Gasteiger charge is -2.34. The Morgan fingerprint density at radius 3 is 2.40 bits per heavy atom. The minimum Gasteiger partial charge on any atom is -0.480 e. The molecule has 0 radical (unpaired) electrons. The van der Waals surface area contributed by atoms with Crippen LogP contribution in [0.2, 0.25) is 0 Å². The molecule has 0 atom stereocenters. The lowest BCUT2D eigenvalue weighted by Crippen LogP contribution is -2.33. The highest BCUT2D eigenvalue weighted by molar-refractivity contribution is 7.89. The quantitative estimate of drug-likeness (QED) is 0.668. The van der Waals surface area contributed by atoms with Crippen LogP contribution >= 0.6 is 0 Å². The van der Waals surface area contributed by atoms with E-state index in [1.807, 2.05) is 32.0 Å². The number of anilines is 1. The summed E-state index contributed by atoms with van der Waals surface area (Å²) in [7, 11) is -3.87. The Kier molecular flexibility index (Phi) is 7.15. The summed E-state index contributed by atoms with van der Waals surface area (Å²) in [5.41, 5.74) is 3.13. The zero-order valence-corrected chi connectivity index (χ0v) is 18.4. The van der Waals surface area contributed by atoms with E-state index in [0.717, 1.165) is 37.2 Å². The molecule has 2 aromatic carbocycles. The Morgan fingerprint density at radius 1 is 1.13 bits per heavy atom. The van der Waals surface area contributed by atoms with Crippen LogP contribution in [0.15, 0.2) is 53.4 Å². The van der Waals surface area contributed by atoms with E-state index in [1.54, 1.807) is 6.07 Å². The number of sulfonamides is 1. The second kappa shape index (κ2) is 9.62. The van der Waals surface area contributed by atoms with E-state index in [2.05, 4.69) is 33.9 Å². The summed E-state index contributed by atoms with van der Waals surface area (Å²) in [6.45, 7) is 5.30. The molecule has 0 saturated carbocycles. The number of benzene rings is 2. The first kappa shape index (κ1) is 22.3. The SMILES string of the molecule is CC(C)Cc1cc(N2CCC(c3ccccc3)CC2)ccc1S(=O)(=O)NCC(=O)O. The smallest absolute Gasteiger partial charge is 0.318 e. The first-order valence-electron chi connectivity index (χ1n) is 10.4. The molecule has 2 aromatic rings. The van der Waals surface area contributed by atoms with Crippen LogP contribution in [0, 0.1) is 5.92 Å². The van der Waals surface area contributed by atoms with Crippen molar-refractivity contribution in [2.24, 2.45) is 5.92 Å². The summed E-state index contributed by atoms with van der Waals surface area (Å²) in [6.07, 6.45) is 2.73. The van der Waals surface area contributed by atoms with Crippen LogP contribution in [0.4, 0.5) is 5.69 Å². The van der Waals surface area contributed by atoms with E-state index in [4.69, 9.17) is 5.11 Å². The molecular formula is C23H30N2O4S. The van der Waals surface area contributed by atoms with Gasteiger partial charge in [-0.3, -0.25) is 4.79 Å². The third-order valence-electron chi connectivity index (χ3n) is 5.51. The van der Waals surface area contributed by atoms with Crippen LogP contribution in [-0.2, 0) is 21.2 Å². The van der Waals surface area contributed by atoms with Gasteiger partial charge in [0, 0.05) is 18.8 Å². The first-order chi connectivity index (χ1) is 14.3. The monoisotopic (exact) mass is 430 g/mol. The maximum Gasteiger partial charge on any atom is 0.318 e. The van der Waals surface area contributed by atoms with Gasteiger partial charge in [0.1, 0.15) is 6.54 Å². The van der Waals surface area contributed by atoms with Gasteiger partial charge in [-0.1, -0.05) is 44.2 Å². The average molecular weight is 431 g/mol. The van der Waals surface area contributed by atoms with Crippen molar-refractivity contribution in [3.8, 4) is 0 Å². The number of hydrogen-bond donors (Lipinski definition) is 2. The van der Waals surface area contributed by atoms with E-state index in [9.17, 15) is 13.2 Å². The summed E-state index contributed by atoms with van der Waals surface area (Å²) in [5, 5.41) is 8.82. The molecule has 0 spiro atoms. The Labute approximate surface area is 179 Å². The molecule has 1 aliphatic heterocycles. The minimum absolute atomic E-state index is 0.167. The van der Waals surface area contributed by atoms with Crippen molar-refractivity contribution < 1.29 is 18.3 Å². The van der Waals surface area contributed by atoms with E-state index in [-0.39, 0.29) is 10.8 Å². The number of carboxylic acids is 1. The van der Waals surface area contributed by atoms with Crippen molar-refractivity contribution in [2.75, 3.05) is 24.5 Å². The minimum atomic E-state index is -3.87. The number of carbonyl (C=O) groups is 1. The second-order valence-corrected chi connectivity index (χ2v) is 10.0. The standard InChI is InChI=1S/C23H30N2O4S/c1-17(2)14-20-15-21(8-9-22(20)30(28,29)24-16-23(26)27)25-12-10-19(11-13-25)18-6-4-3-5-7-18/h3-9,15,17,19,24H,10-14,16H2,1-2H3,(H,26,27). The van der Waals surface area contributed by atoms with Crippen molar-refractivity contribution in [3.05, 3.63) is 59.7 Å². The van der Waals surface area contributed by atoms with Crippen LogP contribution in [0.25, 0.3) is 0 Å². The highest BCUT2D eigenvalue weighted by Crippen LogP contribution is 2.32. The van der Waals surface area contributed by atoms with Gasteiger partial charge in [0.05, 0.1) is 4.90 Å². The molecule has 30 heavy (non-hydrogen) atoms. The van der Waals surface area contributed by atoms with E-state index >= 15 is 0 Å². The van der Waals surface area contributed by atoms with Gasteiger partial charge in [-0.25, -0.2) is 8.42 Å². The summed E-state index contributed by atoms with van der Waals surface area (Å²) >= 11 is 0. The number of hydrogen-bond acceptors (Lipinski definition) is 4. The number of aliphatic carboxylic acids is 1. The molecule has 1 heterocycles. The Bertz CT molecular complexity index is 966. The molecule has 162 valence electrons. The third-order valence-corrected chi connectivity index (χ3v) is 7.01. The van der Waals surface area contributed by atoms with Crippen LogP contribution < -0.4 is 9.62 Å². The Balaban J connectivity index is 1.79. The number of nitrogens with one attached hydrogen (secondary N) is 1. The van der Waals surface area contributed by atoms with Crippen LogP contribution in [0.1, 0.15) is 43.7 Å². The normalized spacial score (nSPS) is 15.5. The summed E-state index contributed by atoms with van der Waals surface area (Å²) in [6, 6.07) is 16.0. The molecule has 1 saturated heterocycles. The molecule has 7 heteroatoms. The lowest BCUT2D eigenvalue weighted by molar-refractivity contribution is -0.135. The van der Waals surface area contributed by atoms with E-state index < -0.39 is 22.5 Å². The molecule has 0 aliphatic carbocycles. The van der Waals surface area contributed by atoms with Crippen LogP contribution in [0.3, 0.4) is 0 Å². The number of nitrogens with zero attached hydrogens (tertiary/aromatic N) is 1. The first-order valence-corrected chi connectivity index (χ1v) is 11.9. The number of carboxylic acid groups (broad SMARTS) is 1. The maximum absolute atomic E-state index is 12.6. The predicted molar refractivity (Wildman–Crippen MR) is 118 cm³/mol. The second-order valence-electron chi connectivity index (χ2n) is 8.28. The van der Waals surface area contributed by atoms with Gasteiger partial charge in [0.25, 0.3) is 0 Å². The van der Waals surface area contributed by atoms with Crippen molar-refractivity contribution in [1.82, 2.24) is 4.72 Å². The van der Waals surface area contributed by atoms with Gasteiger partial charge in [-0.2, -0.15) is 4.72 Å². The molecule has 0 bridgehead atoms. The summed E-state index contributed by atoms with van der Waals surface area (Å²) in [5.74, 6) is -0.378. The molecule has 0 unspecified atom stereocenters. The summed E-state index contributed by atoms with van der Waals surface area (Å²) < 4.78 is 27.4. The zero-order chi connectivity index (χ0) is 21.7. The molecule has 3 rings (SSSR count). The Morgan fingerprint density at radius 2 is 1.80 bits per heavy atom. The predicted octanol–water partition coefficient (Wildman–Crippen LogP) is 3.63.